The lowest BCUT2D eigenvalue weighted by Crippen LogP contribution is -2.44. The van der Waals surface area contributed by atoms with Crippen molar-refractivity contribution in [3.05, 3.63) is 29.8 Å². The van der Waals surface area contributed by atoms with Crippen LogP contribution >= 0.6 is 11.8 Å². The number of benzene rings is 1. The molecule has 0 radical (unpaired) electrons. The van der Waals surface area contributed by atoms with Gasteiger partial charge in [-0.15, -0.1) is 0 Å². The molecular formula is C16H28N2OS. The Hall–Kier alpha value is -0.710. The van der Waals surface area contributed by atoms with Crippen molar-refractivity contribution in [3.8, 4) is 5.75 Å². The van der Waals surface area contributed by atoms with Crippen molar-refractivity contribution in [1.29, 1.82) is 0 Å². The van der Waals surface area contributed by atoms with Crippen LogP contribution < -0.4 is 10.5 Å². The normalized spacial score (nSPS) is 14.3. The van der Waals surface area contributed by atoms with E-state index in [-0.39, 0.29) is 0 Å². The lowest BCUT2D eigenvalue weighted by atomic mass is 10.0. The number of nitrogens with zero attached hydrogens (tertiary/aromatic N) is 1. The molecule has 0 aliphatic carbocycles. The Morgan fingerprint density at radius 1 is 1.35 bits per heavy atom. The summed E-state index contributed by atoms with van der Waals surface area (Å²) in [5.74, 6) is 2.13. The van der Waals surface area contributed by atoms with Gasteiger partial charge in [-0.05, 0) is 50.5 Å². The zero-order chi connectivity index (χ0) is 15.0. The van der Waals surface area contributed by atoms with E-state index in [0.717, 1.165) is 24.3 Å². The summed E-state index contributed by atoms with van der Waals surface area (Å²) < 4.78 is 5.43. The average molecular weight is 296 g/mol. The third kappa shape index (κ3) is 5.00. The molecule has 0 aliphatic rings. The first kappa shape index (κ1) is 17.3. The van der Waals surface area contributed by atoms with E-state index in [2.05, 4.69) is 37.3 Å². The van der Waals surface area contributed by atoms with Crippen molar-refractivity contribution in [2.45, 2.75) is 31.8 Å². The number of hydrogen-bond donors (Lipinski definition) is 1. The van der Waals surface area contributed by atoms with Crippen molar-refractivity contribution in [3.63, 3.8) is 0 Å². The van der Waals surface area contributed by atoms with Crippen molar-refractivity contribution >= 4 is 11.8 Å². The number of para-hydroxylation sites is 1. The molecule has 114 valence electrons. The summed E-state index contributed by atoms with van der Waals surface area (Å²) in [6.07, 6.45) is 4.27. The third-order valence-corrected chi connectivity index (χ3v) is 4.55. The van der Waals surface area contributed by atoms with Gasteiger partial charge in [-0.2, -0.15) is 11.8 Å². The van der Waals surface area contributed by atoms with Crippen LogP contribution in [0.25, 0.3) is 0 Å². The van der Waals surface area contributed by atoms with E-state index < -0.39 is 0 Å². The molecule has 0 bridgehead atoms. The van der Waals surface area contributed by atoms with Crippen molar-refractivity contribution < 1.29 is 4.74 Å². The van der Waals surface area contributed by atoms with E-state index in [1.807, 2.05) is 23.9 Å². The maximum atomic E-state index is 5.93. The fourth-order valence-corrected chi connectivity index (χ4v) is 2.94. The number of nitrogens with two attached hydrogens (primary N) is 1. The van der Waals surface area contributed by atoms with Crippen LogP contribution in [-0.4, -0.2) is 49.7 Å². The van der Waals surface area contributed by atoms with Crippen LogP contribution in [0.3, 0.4) is 0 Å². The number of thioether (sulfide) groups is 1. The van der Waals surface area contributed by atoms with Gasteiger partial charge in [0.25, 0.3) is 0 Å². The van der Waals surface area contributed by atoms with Crippen molar-refractivity contribution in [2.24, 2.45) is 5.73 Å². The topological polar surface area (TPSA) is 38.5 Å². The summed E-state index contributed by atoms with van der Waals surface area (Å²) in [6, 6.07) is 9.14. The first-order valence-corrected chi connectivity index (χ1v) is 8.56. The molecule has 0 aromatic heterocycles. The van der Waals surface area contributed by atoms with Crippen LogP contribution in [0.4, 0.5) is 0 Å². The quantitative estimate of drug-likeness (QED) is 0.760. The molecule has 0 amide bonds. The Kier molecular flexibility index (Phi) is 8.04. The lowest BCUT2D eigenvalue weighted by molar-refractivity contribution is 0.182. The summed E-state index contributed by atoms with van der Waals surface area (Å²) in [7, 11) is 3.91. The van der Waals surface area contributed by atoms with Crippen LogP contribution in [-0.2, 0) is 6.42 Å². The monoisotopic (exact) mass is 296 g/mol. The zero-order valence-corrected chi connectivity index (χ0v) is 14.0. The Bertz CT molecular complexity index is 386. The summed E-state index contributed by atoms with van der Waals surface area (Å²) in [5.41, 5.74) is 7.19. The molecule has 2 unspecified atom stereocenters. The van der Waals surface area contributed by atoms with Gasteiger partial charge in [-0.3, -0.25) is 4.90 Å². The molecule has 1 aromatic carbocycles. The first-order chi connectivity index (χ1) is 9.63. The number of likely N-dealkylation sites (N-methyl/N-ethyl adjacent to an activating group) is 1. The number of rotatable bonds is 9. The summed E-state index contributed by atoms with van der Waals surface area (Å²) >= 11 is 1.88. The highest BCUT2D eigenvalue weighted by Gasteiger charge is 2.19. The maximum Gasteiger partial charge on any atom is 0.122 e. The first-order valence-electron chi connectivity index (χ1n) is 7.16. The Morgan fingerprint density at radius 3 is 2.65 bits per heavy atom. The zero-order valence-electron chi connectivity index (χ0n) is 13.1. The second-order valence-electron chi connectivity index (χ2n) is 5.20. The van der Waals surface area contributed by atoms with E-state index in [1.165, 1.54) is 5.56 Å². The van der Waals surface area contributed by atoms with Gasteiger partial charge >= 0.3 is 0 Å². The maximum absolute atomic E-state index is 5.93. The van der Waals surface area contributed by atoms with Gasteiger partial charge in [0.05, 0.1) is 7.11 Å². The van der Waals surface area contributed by atoms with E-state index in [0.29, 0.717) is 18.6 Å². The Balaban J connectivity index is 2.66. The third-order valence-electron chi connectivity index (χ3n) is 3.91. The number of hydrogen-bond acceptors (Lipinski definition) is 4. The minimum atomic E-state index is 0.446. The molecule has 4 heteroatoms. The summed E-state index contributed by atoms with van der Waals surface area (Å²) in [5, 5.41) is 0. The molecule has 0 saturated carbocycles. The largest absolute Gasteiger partial charge is 0.496 e. The van der Waals surface area contributed by atoms with Crippen molar-refractivity contribution in [2.75, 3.05) is 32.7 Å². The fraction of sp³-hybridized carbons (Fsp3) is 0.625. The summed E-state index contributed by atoms with van der Waals surface area (Å²) in [4.78, 5) is 2.41. The molecule has 2 atom stereocenters. The van der Waals surface area contributed by atoms with Gasteiger partial charge in [0.1, 0.15) is 5.75 Å². The van der Waals surface area contributed by atoms with E-state index in [9.17, 15) is 0 Å². The molecule has 3 nitrogen and oxygen atoms in total. The Labute approximate surface area is 127 Å². The van der Waals surface area contributed by atoms with Crippen molar-refractivity contribution in [1.82, 2.24) is 4.90 Å². The number of ether oxygens (including phenoxy) is 1. The van der Waals surface area contributed by atoms with E-state index >= 15 is 0 Å². The van der Waals surface area contributed by atoms with Crippen LogP contribution in [0.5, 0.6) is 5.75 Å². The second-order valence-corrected chi connectivity index (χ2v) is 6.19. The highest BCUT2D eigenvalue weighted by atomic mass is 32.2. The molecule has 1 aromatic rings. The molecule has 0 aliphatic heterocycles. The van der Waals surface area contributed by atoms with Gasteiger partial charge in [0, 0.05) is 18.6 Å². The summed E-state index contributed by atoms with van der Waals surface area (Å²) in [6.45, 7) is 2.97. The van der Waals surface area contributed by atoms with Gasteiger partial charge < -0.3 is 10.5 Å². The molecule has 2 N–H and O–H groups in total. The van der Waals surface area contributed by atoms with Gasteiger partial charge in [0.2, 0.25) is 0 Å². The van der Waals surface area contributed by atoms with Crippen LogP contribution in [0.2, 0.25) is 0 Å². The van der Waals surface area contributed by atoms with Crippen LogP contribution in [0.1, 0.15) is 18.9 Å². The van der Waals surface area contributed by atoms with Gasteiger partial charge in [-0.25, -0.2) is 0 Å². The van der Waals surface area contributed by atoms with E-state index in [4.69, 9.17) is 10.5 Å². The minimum absolute atomic E-state index is 0.446. The molecule has 20 heavy (non-hydrogen) atoms. The standard InChI is InChI=1S/C16H28N2OS/c1-13(18(2)15(12-17)9-10-20-4)11-14-7-5-6-8-16(14)19-3/h5-8,13,15H,9-12,17H2,1-4H3. The molecule has 0 saturated heterocycles. The van der Waals surface area contributed by atoms with Crippen LogP contribution in [0, 0.1) is 0 Å². The lowest BCUT2D eigenvalue weighted by Gasteiger charge is -2.32. The molecule has 1 rings (SSSR count). The average Bonchev–Trinajstić information content (AvgIpc) is 2.48. The molecule has 0 fully saturated rings. The molecule has 0 spiro atoms. The highest BCUT2D eigenvalue weighted by molar-refractivity contribution is 7.98. The Morgan fingerprint density at radius 2 is 2.05 bits per heavy atom. The highest BCUT2D eigenvalue weighted by Crippen LogP contribution is 2.21. The predicted octanol–water partition coefficient (Wildman–Crippen LogP) is 2.64. The smallest absolute Gasteiger partial charge is 0.122 e. The van der Waals surface area contributed by atoms with E-state index in [1.54, 1.807) is 7.11 Å². The molecule has 0 heterocycles. The second kappa shape index (κ2) is 9.27. The SMILES string of the molecule is COc1ccccc1CC(C)N(C)C(CN)CCSC. The molecular weight excluding hydrogens is 268 g/mol. The predicted molar refractivity (Wildman–Crippen MR) is 89.8 cm³/mol. The number of methoxy groups -OCH3 is 1. The van der Waals surface area contributed by atoms with Crippen LogP contribution in [0.15, 0.2) is 24.3 Å². The van der Waals surface area contributed by atoms with Gasteiger partial charge in [-0.1, -0.05) is 18.2 Å². The fourth-order valence-electron chi connectivity index (χ4n) is 2.44. The van der Waals surface area contributed by atoms with Gasteiger partial charge in [0.15, 0.2) is 0 Å². The minimum Gasteiger partial charge on any atom is -0.496 e.